The lowest BCUT2D eigenvalue weighted by Crippen LogP contribution is -2.32. The summed E-state index contributed by atoms with van der Waals surface area (Å²) >= 11 is 1.56. The Morgan fingerprint density at radius 3 is 1.28 bits per heavy atom. The minimum atomic E-state index is -4.32. The summed E-state index contributed by atoms with van der Waals surface area (Å²) in [5.74, 6) is -1.32. The molecule has 0 aliphatic rings. The molecule has 2 heterocycles. The van der Waals surface area contributed by atoms with Gasteiger partial charge < -0.3 is 15.3 Å². The molecule has 4 rings (SSSR count). The van der Waals surface area contributed by atoms with Crippen LogP contribution < -0.4 is 9.44 Å². The highest BCUT2D eigenvalue weighted by atomic mass is 32.3. The van der Waals surface area contributed by atoms with Crippen LogP contribution >= 0.6 is 22.7 Å². The van der Waals surface area contributed by atoms with E-state index in [1.165, 1.54) is 27.7 Å². The maximum Gasteiger partial charge on any atom is 0.275 e. The summed E-state index contributed by atoms with van der Waals surface area (Å²) in [7, 11) is -8.49. The average molecular weight is 957 g/mol. The van der Waals surface area contributed by atoms with Gasteiger partial charge in [0.2, 0.25) is 11.8 Å². The van der Waals surface area contributed by atoms with Gasteiger partial charge in [-0.05, 0) is 103 Å². The number of amides is 2. The lowest BCUT2D eigenvalue weighted by Gasteiger charge is -2.20. The molecule has 2 aromatic carbocycles. The van der Waals surface area contributed by atoms with Crippen molar-refractivity contribution >= 4 is 54.5 Å². The zero-order chi connectivity index (χ0) is 48.9. The molecule has 0 bridgehead atoms. The number of sulfonamides is 2. The fourth-order valence-electron chi connectivity index (χ4n) is 7.08. The first-order chi connectivity index (χ1) is 29.4. The largest absolute Gasteiger partial charge is 0.390 e. The van der Waals surface area contributed by atoms with Crippen LogP contribution in [0.5, 0.6) is 0 Å². The number of rotatable bonds is 16. The number of aliphatic hydroxyl groups excluding tert-OH is 1. The number of nitriles is 2. The van der Waals surface area contributed by atoms with Crippen LogP contribution in [0, 0.1) is 22.7 Å². The number of nitrogens with one attached hydrogen (secondary N) is 2. The molecule has 0 aliphatic carbocycles. The number of aryl methyl sites for hydroxylation is 1. The van der Waals surface area contributed by atoms with Crippen molar-refractivity contribution in [2.45, 2.75) is 159 Å². The van der Waals surface area contributed by atoms with Crippen LogP contribution in [0.2, 0.25) is 0 Å². The Balaban J connectivity index is 0.000000340. The van der Waals surface area contributed by atoms with Gasteiger partial charge in [0.15, 0.2) is 8.42 Å². The number of carbonyl (C=O) groups is 2. The van der Waals surface area contributed by atoms with Crippen molar-refractivity contribution in [2.75, 3.05) is 0 Å². The lowest BCUT2D eigenvalue weighted by molar-refractivity contribution is -0.119. The number of hydrogen-bond acceptors (Lipinski definition) is 15. The van der Waals surface area contributed by atoms with E-state index in [4.69, 9.17) is 0 Å². The summed E-state index contributed by atoms with van der Waals surface area (Å²) in [6, 6.07) is 11.5. The van der Waals surface area contributed by atoms with Crippen LogP contribution in [0.4, 0.5) is 0 Å². The van der Waals surface area contributed by atoms with E-state index in [0.717, 1.165) is 33.6 Å². The Labute approximate surface area is 385 Å². The standard InChI is InChI=1S/C23H31N3O4S2.C22H29N3O5S2/c1-8-18-21(31-22(25-18)23(6,7)28)32(29,30)26-19(27)11-17-16(13(2)3)10-9-15(12-24)20(17)14(4)5;1-12(2)15-8-7-14(10-23)19(13(3)4)16(15)9-18(27)25-32(29,30)20-17(11-26)24-21(31-20)22(5,6)28/h9-10,13-14,28H,8,11H2,1-7H3,(H,26,27);7-8,12-13,26,28H,9,11H2,1-6H3,(H,25,27). The minimum Gasteiger partial charge on any atom is -0.390 e. The monoisotopic (exact) mass is 956 g/mol. The highest BCUT2D eigenvalue weighted by molar-refractivity contribution is 7.92. The average Bonchev–Trinajstić information content (AvgIpc) is 3.84. The first kappa shape index (κ1) is 53.7. The molecule has 64 heavy (non-hydrogen) atoms. The van der Waals surface area contributed by atoms with E-state index in [0.29, 0.717) is 45.7 Å². The Morgan fingerprint density at radius 1 is 0.656 bits per heavy atom. The first-order valence-corrected chi connectivity index (χ1v) is 25.3. The Kier molecular flexibility index (Phi) is 17.8. The first-order valence-electron chi connectivity index (χ1n) is 20.7. The summed E-state index contributed by atoms with van der Waals surface area (Å²) in [5.41, 5.74) is 3.04. The third-order valence-corrected chi connectivity index (χ3v) is 16.6. The molecule has 2 amide bonds. The van der Waals surface area contributed by atoms with Gasteiger partial charge in [-0.25, -0.2) is 36.2 Å². The van der Waals surface area contributed by atoms with E-state index in [2.05, 4.69) is 31.6 Å². The van der Waals surface area contributed by atoms with Crippen LogP contribution in [-0.4, -0.2) is 53.9 Å². The number of carbonyl (C=O) groups excluding carboxylic acids is 2. The molecule has 0 radical (unpaired) electrons. The van der Waals surface area contributed by atoms with Gasteiger partial charge in [0.1, 0.15) is 21.2 Å². The zero-order valence-corrected chi connectivity index (χ0v) is 41.9. The smallest absolute Gasteiger partial charge is 0.275 e. The molecule has 348 valence electrons. The summed E-state index contributed by atoms with van der Waals surface area (Å²) in [6.45, 7) is 22.7. The third-order valence-electron chi connectivity index (χ3n) is 9.94. The molecule has 5 N–H and O–H groups in total. The van der Waals surface area contributed by atoms with Gasteiger partial charge in [0.05, 0.1) is 54.1 Å². The highest BCUT2D eigenvalue weighted by Gasteiger charge is 2.33. The predicted molar refractivity (Wildman–Crippen MR) is 247 cm³/mol. The van der Waals surface area contributed by atoms with Crippen molar-refractivity contribution in [1.29, 1.82) is 10.5 Å². The second kappa shape index (κ2) is 21.1. The fraction of sp³-hybridized carbons (Fsp3) is 0.511. The Hall–Kier alpha value is -4.60. The van der Waals surface area contributed by atoms with Gasteiger partial charge in [0.25, 0.3) is 20.0 Å². The van der Waals surface area contributed by atoms with Gasteiger partial charge in [-0.15, -0.1) is 22.7 Å². The van der Waals surface area contributed by atoms with E-state index in [9.17, 15) is 52.3 Å². The molecule has 0 fully saturated rings. The van der Waals surface area contributed by atoms with Gasteiger partial charge in [0, 0.05) is 0 Å². The second-order valence-electron chi connectivity index (χ2n) is 17.6. The number of aromatic nitrogens is 2. The quantitative estimate of drug-likeness (QED) is 0.0750. The van der Waals surface area contributed by atoms with E-state index >= 15 is 0 Å². The summed E-state index contributed by atoms with van der Waals surface area (Å²) in [5, 5.41) is 49.3. The van der Waals surface area contributed by atoms with Crippen LogP contribution in [0.1, 0.15) is 180 Å². The van der Waals surface area contributed by atoms with Crippen molar-refractivity contribution in [3.05, 3.63) is 90.2 Å². The second-order valence-corrected chi connectivity index (χ2v) is 23.3. The number of hydrogen-bond donors (Lipinski definition) is 5. The minimum absolute atomic E-state index is 0.00899. The van der Waals surface area contributed by atoms with Gasteiger partial charge >= 0.3 is 0 Å². The molecule has 19 heteroatoms. The molecule has 0 unspecified atom stereocenters. The van der Waals surface area contributed by atoms with Gasteiger partial charge in [-0.2, -0.15) is 10.5 Å². The summed E-state index contributed by atoms with van der Waals surface area (Å²) in [6.07, 6.45) is -0.0357. The molecular formula is C45H60N6O9S4. The fourth-order valence-corrected chi connectivity index (χ4v) is 12.2. The van der Waals surface area contributed by atoms with Crippen molar-refractivity contribution in [2.24, 2.45) is 0 Å². The number of nitrogens with zero attached hydrogens (tertiary/aromatic N) is 4. The van der Waals surface area contributed by atoms with E-state index in [1.54, 1.807) is 25.1 Å². The molecule has 0 atom stereocenters. The maximum atomic E-state index is 13.0. The summed E-state index contributed by atoms with van der Waals surface area (Å²) in [4.78, 5) is 34.0. The van der Waals surface area contributed by atoms with Crippen molar-refractivity contribution in [3.63, 3.8) is 0 Å². The maximum absolute atomic E-state index is 13.0. The van der Waals surface area contributed by atoms with Crippen LogP contribution in [-0.2, 0) is 66.7 Å². The van der Waals surface area contributed by atoms with Crippen LogP contribution in [0.15, 0.2) is 32.7 Å². The Bertz CT molecular complexity index is 2490. The molecule has 15 nitrogen and oxygen atoms in total. The highest BCUT2D eigenvalue weighted by Crippen LogP contribution is 2.35. The van der Waals surface area contributed by atoms with Crippen molar-refractivity contribution in [1.82, 2.24) is 19.4 Å². The van der Waals surface area contributed by atoms with Crippen molar-refractivity contribution < 1.29 is 41.7 Å². The number of aliphatic hydroxyl groups is 3. The van der Waals surface area contributed by atoms with Crippen molar-refractivity contribution in [3.8, 4) is 12.1 Å². The zero-order valence-electron chi connectivity index (χ0n) is 38.7. The number of benzene rings is 2. The molecule has 4 aromatic rings. The molecule has 0 saturated carbocycles. The van der Waals surface area contributed by atoms with E-state index in [-0.39, 0.29) is 60.6 Å². The molecule has 0 saturated heterocycles. The SMILES string of the molecule is CC(C)c1ccc(C#N)c(C(C)C)c1CC(=O)NS(=O)(=O)c1sc(C(C)(C)O)nc1CO.CCc1nc(C(C)(C)O)sc1S(=O)(=O)NC(=O)Cc1c(C(C)C)ccc(C#N)c1C(C)C. The van der Waals surface area contributed by atoms with Gasteiger partial charge in [-0.1, -0.05) is 74.4 Å². The van der Waals surface area contributed by atoms with Crippen LogP contribution in [0.25, 0.3) is 0 Å². The van der Waals surface area contributed by atoms with E-state index < -0.39 is 49.7 Å². The molecule has 0 spiro atoms. The normalized spacial score (nSPS) is 12.3. The van der Waals surface area contributed by atoms with E-state index in [1.807, 2.05) is 61.5 Å². The molecule has 2 aromatic heterocycles. The van der Waals surface area contributed by atoms with Gasteiger partial charge in [-0.3, -0.25) is 9.59 Å². The third kappa shape index (κ3) is 12.8. The molecule has 0 aliphatic heterocycles. The predicted octanol–water partition coefficient (Wildman–Crippen LogP) is 7.13. The van der Waals surface area contributed by atoms with Crippen LogP contribution in [0.3, 0.4) is 0 Å². The number of thiazole rings is 2. The lowest BCUT2D eigenvalue weighted by atomic mass is 9.84. The summed E-state index contributed by atoms with van der Waals surface area (Å²) < 4.78 is 55.7. The Morgan fingerprint density at radius 2 is 1.00 bits per heavy atom. The topological polar surface area (TPSA) is 261 Å². The molecular weight excluding hydrogens is 897 g/mol.